The molecule has 4 nitrogen and oxygen atoms in total. The molecule has 1 aromatic rings. The highest BCUT2D eigenvalue weighted by atomic mass is 79.9. The van der Waals surface area contributed by atoms with Gasteiger partial charge in [0.25, 0.3) is 0 Å². The lowest BCUT2D eigenvalue weighted by Gasteiger charge is -2.22. The predicted octanol–water partition coefficient (Wildman–Crippen LogP) is 1.94. The number of anilines is 1. The average molecular weight is 312 g/mol. The summed E-state index contributed by atoms with van der Waals surface area (Å²) in [7, 11) is 0. The first-order valence-corrected chi connectivity index (χ1v) is 6.91. The van der Waals surface area contributed by atoms with Gasteiger partial charge in [-0.3, -0.25) is 5.41 Å². The van der Waals surface area contributed by atoms with Gasteiger partial charge in [-0.25, -0.2) is 0 Å². The van der Waals surface area contributed by atoms with Crippen molar-refractivity contribution in [2.24, 2.45) is 11.7 Å². The summed E-state index contributed by atoms with van der Waals surface area (Å²) in [6.45, 7) is 2.15. The van der Waals surface area contributed by atoms with Gasteiger partial charge < -0.3 is 15.7 Å². The van der Waals surface area contributed by atoms with E-state index in [4.69, 9.17) is 16.2 Å². The normalized spacial score (nSPS) is 19.2. The van der Waals surface area contributed by atoms with E-state index in [1.807, 2.05) is 18.2 Å². The van der Waals surface area contributed by atoms with Crippen molar-refractivity contribution in [2.75, 3.05) is 24.6 Å². The van der Waals surface area contributed by atoms with Crippen LogP contribution in [0.3, 0.4) is 0 Å². The van der Waals surface area contributed by atoms with E-state index in [-0.39, 0.29) is 12.4 Å². The minimum atomic E-state index is 0.0944. The maximum atomic E-state index is 8.98. The number of benzene rings is 1. The van der Waals surface area contributed by atoms with Crippen LogP contribution < -0.4 is 10.6 Å². The summed E-state index contributed by atoms with van der Waals surface area (Å²) in [5, 5.41) is 16.6. The number of aliphatic hydroxyl groups is 1. The summed E-state index contributed by atoms with van der Waals surface area (Å²) >= 11 is 3.41. The van der Waals surface area contributed by atoms with Crippen LogP contribution in [0.15, 0.2) is 22.7 Å². The van der Waals surface area contributed by atoms with Crippen molar-refractivity contribution in [1.29, 1.82) is 5.41 Å². The molecule has 1 saturated heterocycles. The maximum Gasteiger partial charge on any atom is 0.124 e. The van der Waals surface area contributed by atoms with E-state index in [1.54, 1.807) is 0 Å². The van der Waals surface area contributed by atoms with Crippen LogP contribution in [0.5, 0.6) is 0 Å². The number of nitrogens with one attached hydrogen (secondary N) is 1. The fraction of sp³-hybridized carbons (Fsp3) is 0.462. The first-order chi connectivity index (χ1) is 8.61. The molecule has 1 aliphatic rings. The molecular formula is C13H18BrN3O. The Morgan fingerprint density at radius 1 is 1.56 bits per heavy atom. The third-order valence-corrected chi connectivity index (χ3v) is 3.91. The monoisotopic (exact) mass is 311 g/mol. The quantitative estimate of drug-likeness (QED) is 0.588. The number of nitrogen functional groups attached to an aromatic ring is 1. The second kappa shape index (κ2) is 5.71. The molecule has 1 unspecified atom stereocenters. The summed E-state index contributed by atoms with van der Waals surface area (Å²) < 4.78 is 0.933. The number of aliphatic hydroxyl groups excluding tert-OH is 1. The van der Waals surface area contributed by atoms with Gasteiger partial charge in [0.05, 0.1) is 0 Å². The molecular weight excluding hydrogens is 294 g/mol. The molecule has 98 valence electrons. The van der Waals surface area contributed by atoms with Crippen molar-refractivity contribution in [3.63, 3.8) is 0 Å². The molecule has 1 aromatic carbocycles. The Bertz CT molecular complexity index is 450. The Morgan fingerprint density at radius 3 is 3.00 bits per heavy atom. The van der Waals surface area contributed by atoms with E-state index in [9.17, 15) is 0 Å². The number of nitrogens with two attached hydrogens (primary N) is 1. The number of amidine groups is 1. The fourth-order valence-electron chi connectivity index (χ4n) is 2.47. The fourth-order valence-corrected chi connectivity index (χ4v) is 2.83. The molecule has 0 aliphatic carbocycles. The average Bonchev–Trinajstić information content (AvgIpc) is 2.78. The van der Waals surface area contributed by atoms with E-state index in [0.717, 1.165) is 41.7 Å². The summed E-state index contributed by atoms with van der Waals surface area (Å²) in [5.74, 6) is 0.635. The third kappa shape index (κ3) is 2.84. The van der Waals surface area contributed by atoms with Crippen LogP contribution in [0.25, 0.3) is 0 Å². The lowest BCUT2D eigenvalue weighted by molar-refractivity contribution is 0.263. The van der Waals surface area contributed by atoms with Gasteiger partial charge in [-0.1, -0.05) is 15.9 Å². The molecule has 5 heteroatoms. The molecule has 0 radical (unpaired) electrons. The van der Waals surface area contributed by atoms with Crippen LogP contribution in [0.4, 0.5) is 5.69 Å². The molecule has 0 spiro atoms. The van der Waals surface area contributed by atoms with Crippen LogP contribution in [0, 0.1) is 11.3 Å². The topological polar surface area (TPSA) is 73.3 Å². The summed E-state index contributed by atoms with van der Waals surface area (Å²) in [6, 6.07) is 5.86. The Balaban J connectivity index is 2.21. The molecule has 0 bridgehead atoms. The van der Waals surface area contributed by atoms with Crippen LogP contribution >= 0.6 is 15.9 Å². The lowest BCUT2D eigenvalue weighted by atomic mass is 10.1. The zero-order valence-corrected chi connectivity index (χ0v) is 11.8. The molecule has 0 aromatic heterocycles. The van der Waals surface area contributed by atoms with Gasteiger partial charge in [0.1, 0.15) is 5.84 Å². The molecule has 1 aliphatic heterocycles. The van der Waals surface area contributed by atoms with Gasteiger partial charge >= 0.3 is 0 Å². The highest BCUT2D eigenvalue weighted by Gasteiger charge is 2.24. The van der Waals surface area contributed by atoms with Crippen molar-refractivity contribution in [2.45, 2.75) is 12.8 Å². The molecule has 1 atom stereocenters. The predicted molar refractivity (Wildman–Crippen MR) is 77.2 cm³/mol. The molecule has 1 heterocycles. The van der Waals surface area contributed by atoms with Crippen LogP contribution in [-0.2, 0) is 0 Å². The highest BCUT2D eigenvalue weighted by molar-refractivity contribution is 9.10. The smallest absolute Gasteiger partial charge is 0.124 e. The molecule has 1 fully saturated rings. The summed E-state index contributed by atoms with van der Waals surface area (Å²) in [6.07, 6.45) is 1.94. The molecule has 2 rings (SSSR count). The van der Waals surface area contributed by atoms with E-state index in [2.05, 4.69) is 20.8 Å². The van der Waals surface area contributed by atoms with E-state index >= 15 is 0 Å². The number of halogens is 1. The first-order valence-electron chi connectivity index (χ1n) is 6.11. The SMILES string of the molecule is N=C(N)c1cc(Br)ccc1N1CCC(CCO)C1. The number of hydrogen-bond acceptors (Lipinski definition) is 3. The van der Waals surface area contributed by atoms with E-state index in [1.165, 1.54) is 0 Å². The number of rotatable bonds is 4. The number of nitrogens with zero attached hydrogens (tertiary/aromatic N) is 1. The minimum absolute atomic E-state index is 0.0944. The Morgan fingerprint density at radius 2 is 2.33 bits per heavy atom. The molecule has 0 saturated carbocycles. The van der Waals surface area contributed by atoms with Gasteiger partial charge in [-0.15, -0.1) is 0 Å². The van der Waals surface area contributed by atoms with Crippen molar-refractivity contribution in [3.05, 3.63) is 28.2 Å². The van der Waals surface area contributed by atoms with Crippen molar-refractivity contribution in [3.8, 4) is 0 Å². The third-order valence-electron chi connectivity index (χ3n) is 3.41. The van der Waals surface area contributed by atoms with Crippen LogP contribution in [0.1, 0.15) is 18.4 Å². The van der Waals surface area contributed by atoms with Crippen molar-refractivity contribution in [1.82, 2.24) is 0 Å². The van der Waals surface area contributed by atoms with Crippen molar-refractivity contribution < 1.29 is 5.11 Å². The minimum Gasteiger partial charge on any atom is -0.396 e. The van der Waals surface area contributed by atoms with E-state index < -0.39 is 0 Å². The first kappa shape index (κ1) is 13.4. The summed E-state index contributed by atoms with van der Waals surface area (Å²) in [4.78, 5) is 2.25. The zero-order chi connectivity index (χ0) is 13.1. The largest absolute Gasteiger partial charge is 0.396 e. The maximum absolute atomic E-state index is 8.98. The van der Waals surface area contributed by atoms with E-state index in [0.29, 0.717) is 5.92 Å². The Kier molecular flexibility index (Phi) is 4.24. The van der Waals surface area contributed by atoms with Crippen LogP contribution in [-0.4, -0.2) is 30.6 Å². The van der Waals surface area contributed by atoms with Gasteiger partial charge in [0.2, 0.25) is 0 Å². The Labute approximate surface area is 115 Å². The highest BCUT2D eigenvalue weighted by Crippen LogP contribution is 2.30. The summed E-state index contributed by atoms with van der Waals surface area (Å²) in [5.41, 5.74) is 7.43. The van der Waals surface area contributed by atoms with Gasteiger partial charge in [0.15, 0.2) is 0 Å². The molecule has 0 amide bonds. The Hall–Kier alpha value is -1.07. The second-order valence-electron chi connectivity index (χ2n) is 4.69. The second-order valence-corrected chi connectivity index (χ2v) is 5.60. The number of hydrogen-bond donors (Lipinski definition) is 3. The van der Waals surface area contributed by atoms with Crippen molar-refractivity contribution >= 4 is 27.5 Å². The van der Waals surface area contributed by atoms with Gasteiger partial charge in [-0.05, 0) is 37.0 Å². The van der Waals surface area contributed by atoms with Crippen LogP contribution in [0.2, 0.25) is 0 Å². The van der Waals surface area contributed by atoms with Gasteiger partial charge in [-0.2, -0.15) is 0 Å². The zero-order valence-electron chi connectivity index (χ0n) is 10.2. The molecule has 4 N–H and O–H groups in total. The lowest BCUT2D eigenvalue weighted by Crippen LogP contribution is -2.24. The van der Waals surface area contributed by atoms with Gasteiger partial charge in [0, 0.05) is 35.4 Å². The molecule has 18 heavy (non-hydrogen) atoms. The standard InChI is InChI=1S/C13H18BrN3O/c14-10-1-2-12(11(7-10)13(15)16)17-5-3-9(8-17)4-6-18/h1-2,7,9,18H,3-6,8H2,(H3,15,16).